The van der Waals surface area contributed by atoms with Crippen LogP contribution in [-0.4, -0.2) is 41.6 Å². The van der Waals surface area contributed by atoms with Gasteiger partial charge in [-0.05, 0) is 135 Å². The molecular formula is C55H92N2O5. The minimum atomic E-state index is -1.01. The van der Waals surface area contributed by atoms with Gasteiger partial charge in [-0.25, -0.2) is 4.79 Å². The second-order valence-electron chi connectivity index (χ2n) is 16.5. The van der Waals surface area contributed by atoms with Crippen LogP contribution in [0.2, 0.25) is 0 Å². The summed E-state index contributed by atoms with van der Waals surface area (Å²) in [6.45, 7) is 4.81. The molecule has 0 spiro atoms. The molecule has 7 heteroatoms. The number of carbonyl (C=O) groups excluding carboxylic acids is 2. The van der Waals surface area contributed by atoms with Crippen LogP contribution in [0.5, 0.6) is 0 Å². The number of esters is 1. The number of hydrogen-bond acceptors (Lipinski definition) is 5. The molecule has 0 aliphatic heterocycles. The molecule has 0 aromatic rings. The maximum absolute atomic E-state index is 12.9. The molecule has 2 unspecified atom stereocenters. The standard InChI is InChI=1S/C55H92N2O5/c1-3-5-7-9-11-13-15-17-18-19-20-21-22-23-24-25-26-28-30-32-34-39-43-49-54(59)62-51(45-40-36-33-31-29-27-16-14-12-10-8-6-4-2)46-41-37-35-38-42-48-53(58)57-52(55(60)61)47-44-50-56/h5,7,11,13,16-18,20-21,23-24,26-28,31,33,51-52H,3-4,6,8-10,12,14-15,19,22,25,29-30,32,34-50,56H2,1-2H3,(H,57,58)(H,60,61)/b7-5-,13-11-,18-17-,21-20-,24-23-,27-16-,28-26-,33-31-. The lowest BCUT2D eigenvalue weighted by molar-refractivity contribution is -0.150. The van der Waals surface area contributed by atoms with E-state index in [1.807, 2.05) is 0 Å². The van der Waals surface area contributed by atoms with Crippen molar-refractivity contribution in [3.05, 3.63) is 97.2 Å². The van der Waals surface area contributed by atoms with Gasteiger partial charge in [0.15, 0.2) is 0 Å². The van der Waals surface area contributed by atoms with Gasteiger partial charge in [0.2, 0.25) is 5.91 Å². The molecule has 0 rings (SSSR count). The Morgan fingerprint density at radius 1 is 0.484 bits per heavy atom. The third-order valence-corrected chi connectivity index (χ3v) is 10.6. The van der Waals surface area contributed by atoms with Crippen LogP contribution in [-0.2, 0) is 19.1 Å². The van der Waals surface area contributed by atoms with E-state index in [0.29, 0.717) is 32.2 Å². The van der Waals surface area contributed by atoms with E-state index in [9.17, 15) is 19.5 Å². The molecule has 2 atom stereocenters. The van der Waals surface area contributed by atoms with Crippen molar-refractivity contribution in [1.29, 1.82) is 0 Å². The zero-order valence-corrected chi connectivity index (χ0v) is 39.7. The average Bonchev–Trinajstić information content (AvgIpc) is 3.26. The second-order valence-corrected chi connectivity index (χ2v) is 16.5. The fourth-order valence-corrected chi connectivity index (χ4v) is 6.90. The summed E-state index contributed by atoms with van der Waals surface area (Å²) in [5.74, 6) is -1.30. The highest BCUT2D eigenvalue weighted by molar-refractivity contribution is 5.83. The Hall–Kier alpha value is -3.71. The normalized spacial score (nSPS) is 13.5. The maximum Gasteiger partial charge on any atom is 0.326 e. The lowest BCUT2D eigenvalue weighted by Crippen LogP contribution is -2.40. The van der Waals surface area contributed by atoms with Crippen LogP contribution in [0.25, 0.3) is 0 Å². The molecule has 0 bridgehead atoms. The lowest BCUT2D eigenvalue weighted by Gasteiger charge is -2.18. The highest BCUT2D eigenvalue weighted by atomic mass is 16.5. The Labute approximate surface area is 380 Å². The van der Waals surface area contributed by atoms with Gasteiger partial charge in [-0.3, -0.25) is 9.59 Å². The minimum absolute atomic E-state index is 0.0520. The number of aliphatic carboxylic acids is 1. The number of rotatable bonds is 44. The minimum Gasteiger partial charge on any atom is -0.480 e. The molecule has 1 amide bonds. The van der Waals surface area contributed by atoms with Crippen molar-refractivity contribution in [3.63, 3.8) is 0 Å². The first-order valence-electron chi connectivity index (χ1n) is 25.1. The highest BCUT2D eigenvalue weighted by Crippen LogP contribution is 2.18. The predicted molar refractivity (Wildman–Crippen MR) is 266 cm³/mol. The summed E-state index contributed by atoms with van der Waals surface area (Å²) in [5.41, 5.74) is 5.50. The van der Waals surface area contributed by atoms with E-state index in [1.54, 1.807) is 0 Å². The first-order chi connectivity index (χ1) is 30.4. The number of nitrogens with two attached hydrogens (primary N) is 1. The largest absolute Gasteiger partial charge is 0.480 e. The molecule has 7 nitrogen and oxygen atoms in total. The van der Waals surface area contributed by atoms with Crippen LogP contribution in [0.3, 0.4) is 0 Å². The van der Waals surface area contributed by atoms with Crippen LogP contribution >= 0.6 is 0 Å². The van der Waals surface area contributed by atoms with Crippen molar-refractivity contribution in [2.24, 2.45) is 5.73 Å². The van der Waals surface area contributed by atoms with E-state index in [4.69, 9.17) is 10.5 Å². The first kappa shape index (κ1) is 58.3. The summed E-state index contributed by atoms with van der Waals surface area (Å²) >= 11 is 0. The monoisotopic (exact) mass is 861 g/mol. The van der Waals surface area contributed by atoms with Gasteiger partial charge >= 0.3 is 11.9 Å². The first-order valence-corrected chi connectivity index (χ1v) is 25.1. The lowest BCUT2D eigenvalue weighted by atomic mass is 10.0. The summed E-state index contributed by atoms with van der Waals surface area (Å²) in [6, 6.07) is -0.869. The van der Waals surface area contributed by atoms with Gasteiger partial charge in [0.05, 0.1) is 0 Å². The number of carbonyl (C=O) groups is 3. The van der Waals surface area contributed by atoms with Gasteiger partial charge in [-0.1, -0.05) is 169 Å². The van der Waals surface area contributed by atoms with Gasteiger partial charge in [0.1, 0.15) is 12.1 Å². The van der Waals surface area contributed by atoms with E-state index >= 15 is 0 Å². The van der Waals surface area contributed by atoms with Crippen molar-refractivity contribution < 1.29 is 24.2 Å². The molecule has 0 aromatic heterocycles. The molecule has 0 aromatic carbocycles. The molecule has 0 heterocycles. The van der Waals surface area contributed by atoms with Crippen molar-refractivity contribution in [3.8, 4) is 0 Å². The van der Waals surface area contributed by atoms with Gasteiger partial charge < -0.3 is 20.9 Å². The molecule has 0 aliphatic carbocycles. The Kier molecular flexibility index (Phi) is 45.4. The smallest absolute Gasteiger partial charge is 0.326 e. The number of nitrogens with one attached hydrogen (secondary N) is 1. The molecule has 4 N–H and O–H groups in total. The molecular weight excluding hydrogens is 769 g/mol. The van der Waals surface area contributed by atoms with Crippen molar-refractivity contribution in [2.45, 2.75) is 225 Å². The summed E-state index contributed by atoms with van der Waals surface area (Å²) in [5, 5.41) is 12.0. The van der Waals surface area contributed by atoms with Crippen LogP contribution in [0.4, 0.5) is 0 Å². The third kappa shape index (κ3) is 44.3. The van der Waals surface area contributed by atoms with Gasteiger partial charge in [0, 0.05) is 12.8 Å². The van der Waals surface area contributed by atoms with Crippen LogP contribution in [0.15, 0.2) is 97.2 Å². The van der Waals surface area contributed by atoms with E-state index in [2.05, 4.69) is 116 Å². The van der Waals surface area contributed by atoms with Gasteiger partial charge in [0.25, 0.3) is 0 Å². The average molecular weight is 861 g/mol. The van der Waals surface area contributed by atoms with Crippen LogP contribution in [0, 0.1) is 0 Å². The highest BCUT2D eigenvalue weighted by Gasteiger charge is 2.19. The number of allylic oxidation sites excluding steroid dienone is 16. The zero-order valence-electron chi connectivity index (χ0n) is 39.7. The Morgan fingerprint density at radius 2 is 0.903 bits per heavy atom. The molecule has 0 aliphatic rings. The molecule has 352 valence electrons. The van der Waals surface area contributed by atoms with E-state index in [-0.39, 0.29) is 18.0 Å². The van der Waals surface area contributed by atoms with Crippen molar-refractivity contribution >= 4 is 17.8 Å². The van der Waals surface area contributed by atoms with E-state index < -0.39 is 12.0 Å². The number of ether oxygens (including phenoxy) is 1. The summed E-state index contributed by atoms with van der Waals surface area (Å²) in [6.07, 6.45) is 66.0. The fraction of sp³-hybridized carbons (Fsp3) is 0.655. The zero-order chi connectivity index (χ0) is 45.2. The topological polar surface area (TPSA) is 119 Å². The Balaban J connectivity index is 4.40. The van der Waals surface area contributed by atoms with Crippen LogP contribution in [0.1, 0.15) is 213 Å². The van der Waals surface area contributed by atoms with Crippen molar-refractivity contribution in [2.75, 3.05) is 6.54 Å². The van der Waals surface area contributed by atoms with E-state index in [1.165, 1.54) is 38.5 Å². The summed E-state index contributed by atoms with van der Waals surface area (Å²) in [4.78, 5) is 36.5. The predicted octanol–water partition coefficient (Wildman–Crippen LogP) is 15.0. The number of carboxylic acids is 1. The molecule has 0 saturated heterocycles. The third-order valence-electron chi connectivity index (χ3n) is 10.6. The number of carboxylic acid groups (broad SMARTS) is 1. The fourth-order valence-electron chi connectivity index (χ4n) is 6.90. The van der Waals surface area contributed by atoms with Crippen LogP contribution < -0.4 is 11.1 Å². The summed E-state index contributed by atoms with van der Waals surface area (Å²) < 4.78 is 6.04. The number of unbranched alkanes of at least 4 members (excludes halogenated alkanes) is 14. The quantitative estimate of drug-likeness (QED) is 0.0319. The van der Waals surface area contributed by atoms with E-state index in [0.717, 1.165) is 135 Å². The number of hydrogen-bond donors (Lipinski definition) is 3. The second kappa shape index (κ2) is 48.3. The van der Waals surface area contributed by atoms with Gasteiger partial charge in [-0.15, -0.1) is 0 Å². The molecule has 0 radical (unpaired) electrons. The maximum atomic E-state index is 12.9. The SMILES string of the molecule is CC/C=C\C/C=C\C/C=C\C/C=C\C/C=C\C/C=C\CCCCCCC(=O)OC(CCC/C=C\C/C=C\CCCCCCC)CCCCCCCC(=O)NC(CCCN)C(=O)O. The summed E-state index contributed by atoms with van der Waals surface area (Å²) in [7, 11) is 0. The Morgan fingerprint density at radius 3 is 1.40 bits per heavy atom. The molecule has 0 fully saturated rings. The molecule has 0 saturated carbocycles. The molecule has 62 heavy (non-hydrogen) atoms. The Bertz CT molecular complexity index is 1290. The van der Waals surface area contributed by atoms with Gasteiger partial charge in [-0.2, -0.15) is 0 Å². The van der Waals surface area contributed by atoms with Crippen molar-refractivity contribution in [1.82, 2.24) is 5.32 Å². The number of amides is 1.